The molecular weight excluding hydrogens is 304 g/mol. The number of carbonyl (C=O) groups excluding carboxylic acids is 2. The lowest BCUT2D eigenvalue weighted by molar-refractivity contribution is -0.145. The molecule has 0 spiro atoms. The summed E-state index contributed by atoms with van der Waals surface area (Å²) in [6, 6.07) is 5.34. The summed E-state index contributed by atoms with van der Waals surface area (Å²) in [6.07, 6.45) is 0.287. The highest BCUT2D eigenvalue weighted by molar-refractivity contribution is 7.80. The van der Waals surface area contributed by atoms with Crippen LogP contribution in [0.5, 0.6) is 11.5 Å². The van der Waals surface area contributed by atoms with Crippen LogP contribution in [-0.4, -0.2) is 55.0 Å². The van der Waals surface area contributed by atoms with Crippen LogP contribution in [-0.2, 0) is 16.0 Å². The van der Waals surface area contributed by atoms with Crippen molar-refractivity contribution in [2.45, 2.75) is 6.42 Å². The number of hydrogen-bond donors (Lipinski definition) is 0. The number of rotatable bonds is 4. The number of nitrogens with zero attached hydrogens (tertiary/aromatic N) is 2. The van der Waals surface area contributed by atoms with Crippen molar-refractivity contribution in [3.05, 3.63) is 23.8 Å². The Kier molecular flexibility index (Phi) is 4.65. The Labute approximate surface area is 134 Å². The minimum atomic E-state index is -0.778. The van der Waals surface area contributed by atoms with E-state index in [0.29, 0.717) is 11.5 Å². The van der Waals surface area contributed by atoms with Gasteiger partial charge in [0.2, 0.25) is 11.8 Å². The third-order valence-electron chi connectivity index (χ3n) is 3.72. The monoisotopic (exact) mass is 322 g/mol. The molecule has 0 unspecified atom stereocenters. The summed E-state index contributed by atoms with van der Waals surface area (Å²) in [7, 11) is 6.25. The van der Waals surface area contributed by atoms with Gasteiger partial charge < -0.3 is 9.47 Å². The summed E-state index contributed by atoms with van der Waals surface area (Å²) in [5, 5.41) is 0.221. The molecule has 0 bridgehead atoms. The Morgan fingerprint density at radius 2 is 1.59 bits per heavy atom. The molecule has 1 heterocycles. The van der Waals surface area contributed by atoms with Crippen molar-refractivity contribution in [1.82, 2.24) is 9.80 Å². The zero-order chi connectivity index (χ0) is 16.4. The zero-order valence-corrected chi connectivity index (χ0v) is 13.8. The Morgan fingerprint density at radius 1 is 1.05 bits per heavy atom. The topological polar surface area (TPSA) is 59.1 Å². The maximum Gasteiger partial charge on any atom is 0.241 e. The van der Waals surface area contributed by atoms with Crippen LogP contribution in [0.2, 0.25) is 0 Å². The fourth-order valence-electron chi connectivity index (χ4n) is 2.40. The van der Waals surface area contributed by atoms with Gasteiger partial charge in [-0.05, 0) is 36.3 Å². The second kappa shape index (κ2) is 6.31. The third kappa shape index (κ3) is 2.76. The Bertz CT molecular complexity index is 608. The van der Waals surface area contributed by atoms with E-state index in [9.17, 15) is 9.59 Å². The summed E-state index contributed by atoms with van der Waals surface area (Å²) in [5.41, 5.74) is 0.818. The van der Waals surface area contributed by atoms with Gasteiger partial charge in [-0.15, -0.1) is 0 Å². The predicted molar refractivity (Wildman–Crippen MR) is 84.9 cm³/mol. The first-order valence-electron chi connectivity index (χ1n) is 6.70. The maximum absolute atomic E-state index is 12.3. The molecular formula is C15H18N2O4S. The van der Waals surface area contributed by atoms with E-state index in [0.717, 1.165) is 5.56 Å². The number of benzene rings is 1. The average molecular weight is 322 g/mol. The number of thiocarbonyl (C=S) groups is 1. The summed E-state index contributed by atoms with van der Waals surface area (Å²) in [5.74, 6) is -0.193. The number of hydrogen-bond acceptors (Lipinski definition) is 5. The molecule has 0 atom stereocenters. The van der Waals surface area contributed by atoms with Gasteiger partial charge in [-0.3, -0.25) is 19.4 Å². The van der Waals surface area contributed by atoms with Crippen molar-refractivity contribution < 1.29 is 19.1 Å². The van der Waals surface area contributed by atoms with E-state index in [-0.39, 0.29) is 23.3 Å². The lowest BCUT2D eigenvalue weighted by atomic mass is 9.95. The second-order valence-corrected chi connectivity index (χ2v) is 5.39. The molecule has 1 aliphatic rings. The first-order chi connectivity index (χ1) is 10.4. The van der Waals surface area contributed by atoms with E-state index in [1.807, 2.05) is 6.07 Å². The van der Waals surface area contributed by atoms with Crippen molar-refractivity contribution in [3.8, 4) is 11.5 Å². The zero-order valence-electron chi connectivity index (χ0n) is 13.0. The predicted octanol–water partition coefficient (Wildman–Crippen LogP) is 1.08. The van der Waals surface area contributed by atoms with Gasteiger partial charge in [0.1, 0.15) is 5.92 Å². The van der Waals surface area contributed by atoms with Crippen LogP contribution in [0.4, 0.5) is 0 Å². The first kappa shape index (κ1) is 16.2. The van der Waals surface area contributed by atoms with Crippen LogP contribution in [0.25, 0.3) is 0 Å². The molecule has 118 valence electrons. The number of methoxy groups -OCH3 is 2. The molecule has 1 fully saturated rings. The second-order valence-electron chi connectivity index (χ2n) is 5.02. The Balaban J connectivity index is 2.27. The summed E-state index contributed by atoms with van der Waals surface area (Å²) < 4.78 is 10.4. The van der Waals surface area contributed by atoms with E-state index in [1.54, 1.807) is 40.4 Å². The van der Waals surface area contributed by atoms with Crippen molar-refractivity contribution in [2.24, 2.45) is 5.92 Å². The third-order valence-corrected chi connectivity index (χ3v) is 4.27. The lowest BCUT2D eigenvalue weighted by Gasteiger charge is -2.35. The molecule has 2 rings (SSSR count). The van der Waals surface area contributed by atoms with Gasteiger partial charge >= 0.3 is 0 Å². The fourth-order valence-corrected chi connectivity index (χ4v) is 2.58. The van der Waals surface area contributed by atoms with Crippen LogP contribution in [0.1, 0.15) is 5.56 Å². The van der Waals surface area contributed by atoms with E-state index in [4.69, 9.17) is 21.7 Å². The van der Waals surface area contributed by atoms with E-state index in [2.05, 4.69) is 0 Å². The normalized spacial score (nSPS) is 16.3. The van der Waals surface area contributed by atoms with Crippen molar-refractivity contribution in [1.29, 1.82) is 0 Å². The summed E-state index contributed by atoms with van der Waals surface area (Å²) in [4.78, 5) is 27.3. The van der Waals surface area contributed by atoms with Gasteiger partial charge in [0.15, 0.2) is 16.6 Å². The number of amides is 2. The molecule has 1 saturated heterocycles. The van der Waals surface area contributed by atoms with E-state index in [1.165, 1.54) is 9.80 Å². The van der Waals surface area contributed by atoms with Gasteiger partial charge in [-0.2, -0.15) is 0 Å². The molecule has 0 aliphatic carbocycles. The van der Waals surface area contributed by atoms with Crippen LogP contribution >= 0.6 is 12.2 Å². The molecule has 0 N–H and O–H groups in total. The van der Waals surface area contributed by atoms with Gasteiger partial charge in [-0.25, -0.2) is 0 Å². The van der Waals surface area contributed by atoms with Crippen LogP contribution < -0.4 is 9.47 Å². The first-order valence-corrected chi connectivity index (χ1v) is 7.11. The molecule has 7 heteroatoms. The summed E-state index contributed by atoms with van der Waals surface area (Å²) in [6.45, 7) is 0. The highest BCUT2D eigenvalue weighted by Crippen LogP contribution is 2.29. The van der Waals surface area contributed by atoms with Gasteiger partial charge in [0.25, 0.3) is 0 Å². The highest BCUT2D eigenvalue weighted by Gasteiger charge is 2.40. The molecule has 1 aromatic carbocycles. The number of ether oxygens (including phenoxy) is 2. The van der Waals surface area contributed by atoms with Crippen molar-refractivity contribution in [3.63, 3.8) is 0 Å². The SMILES string of the molecule is COc1ccc(CC2C(=O)N(C)C(=S)N(C)C2=O)cc1OC. The van der Waals surface area contributed by atoms with Gasteiger partial charge in [0, 0.05) is 14.1 Å². The van der Waals surface area contributed by atoms with Crippen molar-refractivity contribution in [2.75, 3.05) is 28.3 Å². The minimum Gasteiger partial charge on any atom is -0.493 e. The van der Waals surface area contributed by atoms with Gasteiger partial charge in [0.05, 0.1) is 14.2 Å². The fraction of sp³-hybridized carbons (Fsp3) is 0.400. The largest absolute Gasteiger partial charge is 0.493 e. The van der Waals surface area contributed by atoms with E-state index >= 15 is 0 Å². The quantitative estimate of drug-likeness (QED) is 0.613. The molecule has 0 radical (unpaired) electrons. The maximum atomic E-state index is 12.3. The molecule has 6 nitrogen and oxygen atoms in total. The molecule has 1 aromatic rings. The lowest BCUT2D eigenvalue weighted by Crippen LogP contribution is -2.57. The molecule has 0 aromatic heterocycles. The standard InChI is InChI=1S/C15H18N2O4S/c1-16-13(18)10(14(19)17(2)15(16)22)7-9-5-6-11(20-3)12(8-9)21-4/h5-6,8,10H,7H2,1-4H3. The van der Waals surface area contributed by atoms with Gasteiger partial charge in [-0.1, -0.05) is 6.07 Å². The van der Waals surface area contributed by atoms with Crippen molar-refractivity contribution >= 4 is 29.1 Å². The van der Waals surface area contributed by atoms with E-state index < -0.39 is 5.92 Å². The molecule has 2 amide bonds. The Morgan fingerprint density at radius 3 is 2.09 bits per heavy atom. The van der Waals surface area contributed by atoms with Crippen LogP contribution in [0.3, 0.4) is 0 Å². The molecule has 1 aliphatic heterocycles. The van der Waals surface area contributed by atoms with Crippen LogP contribution in [0, 0.1) is 5.92 Å². The molecule has 0 saturated carbocycles. The Hall–Kier alpha value is -2.15. The number of carbonyl (C=O) groups is 2. The van der Waals surface area contributed by atoms with Crippen LogP contribution in [0.15, 0.2) is 18.2 Å². The minimum absolute atomic E-state index is 0.221. The smallest absolute Gasteiger partial charge is 0.241 e. The highest BCUT2D eigenvalue weighted by atomic mass is 32.1. The molecule has 22 heavy (non-hydrogen) atoms. The average Bonchev–Trinajstić information content (AvgIpc) is 2.54. The summed E-state index contributed by atoms with van der Waals surface area (Å²) >= 11 is 5.07.